The van der Waals surface area contributed by atoms with E-state index in [9.17, 15) is 9.59 Å². The number of carbonyl (C=O) groups excluding carboxylic acids is 1. The molecule has 0 saturated carbocycles. The summed E-state index contributed by atoms with van der Waals surface area (Å²) >= 11 is 0. The molecule has 0 aliphatic carbocycles. The minimum atomic E-state index is -0.963. The average molecular weight is 258 g/mol. The first-order valence-electron chi connectivity index (χ1n) is 6.83. The van der Waals surface area contributed by atoms with Crippen molar-refractivity contribution in [3.8, 4) is 0 Å². The van der Waals surface area contributed by atoms with Crippen LogP contribution in [0.5, 0.6) is 0 Å². The molecule has 5 heteroatoms. The Bertz CT molecular complexity index is 244. The fourth-order valence-corrected chi connectivity index (χ4v) is 1.64. The fourth-order valence-electron chi connectivity index (χ4n) is 1.64. The fraction of sp³-hybridized carbons (Fsp3) is 0.846. The number of carboxylic acids is 1. The van der Waals surface area contributed by atoms with E-state index >= 15 is 0 Å². The number of carboxylic acid groups (broad SMARTS) is 1. The molecule has 0 bridgehead atoms. The highest BCUT2D eigenvalue weighted by molar-refractivity contribution is 5.75. The average Bonchev–Trinajstić information content (AvgIpc) is 2.33. The van der Waals surface area contributed by atoms with Gasteiger partial charge < -0.3 is 16.2 Å². The summed E-state index contributed by atoms with van der Waals surface area (Å²) in [6.07, 6.45) is 6.97. The molecule has 0 aliphatic heterocycles. The minimum Gasteiger partial charge on any atom is -0.480 e. The lowest BCUT2D eigenvalue weighted by Gasteiger charge is -2.07. The van der Waals surface area contributed by atoms with Crippen LogP contribution in [0.25, 0.3) is 0 Å². The van der Waals surface area contributed by atoms with Gasteiger partial charge in [-0.15, -0.1) is 0 Å². The molecule has 0 unspecified atom stereocenters. The van der Waals surface area contributed by atoms with Gasteiger partial charge in [0.15, 0.2) is 0 Å². The molecule has 4 N–H and O–H groups in total. The number of rotatable bonds is 11. The number of amides is 1. The molecule has 0 fully saturated rings. The number of hydrogen-bond donors (Lipinski definition) is 3. The molecule has 0 radical (unpaired) electrons. The molecule has 5 nitrogen and oxygen atoms in total. The van der Waals surface area contributed by atoms with Crippen LogP contribution in [0.2, 0.25) is 0 Å². The van der Waals surface area contributed by atoms with Crippen molar-refractivity contribution in [3.05, 3.63) is 0 Å². The SMILES string of the molecule is CCCCCCC(=O)NCCCC[C@H](N)C(=O)O. The number of hydrogen-bond acceptors (Lipinski definition) is 3. The summed E-state index contributed by atoms with van der Waals surface area (Å²) in [4.78, 5) is 21.8. The van der Waals surface area contributed by atoms with Crippen LogP contribution in [0.1, 0.15) is 58.3 Å². The Morgan fingerprint density at radius 3 is 2.50 bits per heavy atom. The van der Waals surface area contributed by atoms with Crippen molar-refractivity contribution in [1.29, 1.82) is 0 Å². The van der Waals surface area contributed by atoms with E-state index in [1.807, 2.05) is 0 Å². The lowest BCUT2D eigenvalue weighted by molar-refractivity contribution is -0.138. The minimum absolute atomic E-state index is 0.0913. The first-order valence-corrected chi connectivity index (χ1v) is 6.83. The third-order valence-corrected chi connectivity index (χ3v) is 2.84. The molecule has 0 aliphatic rings. The van der Waals surface area contributed by atoms with Crippen LogP contribution in [-0.4, -0.2) is 29.6 Å². The monoisotopic (exact) mass is 258 g/mol. The normalized spacial score (nSPS) is 12.1. The van der Waals surface area contributed by atoms with Crippen molar-refractivity contribution in [2.24, 2.45) is 5.73 Å². The zero-order valence-electron chi connectivity index (χ0n) is 11.3. The molecule has 0 aromatic heterocycles. The van der Waals surface area contributed by atoms with Crippen molar-refractivity contribution in [2.45, 2.75) is 64.3 Å². The lowest BCUT2D eigenvalue weighted by atomic mass is 10.1. The second-order valence-electron chi connectivity index (χ2n) is 4.60. The molecule has 0 aromatic rings. The van der Waals surface area contributed by atoms with Crippen molar-refractivity contribution in [1.82, 2.24) is 5.32 Å². The van der Waals surface area contributed by atoms with Gasteiger partial charge in [0.05, 0.1) is 0 Å². The Kier molecular flexibility index (Phi) is 10.3. The Hall–Kier alpha value is -1.10. The van der Waals surface area contributed by atoms with Gasteiger partial charge in [0, 0.05) is 13.0 Å². The molecule has 106 valence electrons. The van der Waals surface area contributed by atoms with E-state index in [4.69, 9.17) is 10.8 Å². The van der Waals surface area contributed by atoms with E-state index in [0.29, 0.717) is 19.4 Å². The molecule has 18 heavy (non-hydrogen) atoms. The summed E-state index contributed by atoms with van der Waals surface area (Å²) in [5, 5.41) is 11.4. The molecule has 1 amide bonds. The molecule has 0 aromatic carbocycles. The number of unbranched alkanes of at least 4 members (excludes halogenated alkanes) is 4. The van der Waals surface area contributed by atoms with Crippen LogP contribution in [0.15, 0.2) is 0 Å². The van der Waals surface area contributed by atoms with E-state index in [1.165, 1.54) is 12.8 Å². The topological polar surface area (TPSA) is 92.4 Å². The summed E-state index contributed by atoms with van der Waals surface area (Å²) in [6, 6.07) is -0.783. The zero-order chi connectivity index (χ0) is 13.8. The quantitative estimate of drug-likeness (QED) is 0.491. The van der Waals surface area contributed by atoms with Gasteiger partial charge in [-0.2, -0.15) is 0 Å². The Labute approximate surface area is 109 Å². The number of nitrogens with one attached hydrogen (secondary N) is 1. The largest absolute Gasteiger partial charge is 0.480 e. The predicted octanol–water partition coefficient (Wildman–Crippen LogP) is 1.66. The van der Waals surface area contributed by atoms with Crippen LogP contribution in [0.3, 0.4) is 0 Å². The van der Waals surface area contributed by atoms with Crippen LogP contribution in [-0.2, 0) is 9.59 Å². The number of carbonyl (C=O) groups is 2. The van der Waals surface area contributed by atoms with Crippen LogP contribution in [0, 0.1) is 0 Å². The van der Waals surface area contributed by atoms with Crippen LogP contribution < -0.4 is 11.1 Å². The van der Waals surface area contributed by atoms with Crippen molar-refractivity contribution in [3.63, 3.8) is 0 Å². The Balaban J connectivity index is 3.32. The molecule has 0 spiro atoms. The summed E-state index contributed by atoms with van der Waals surface area (Å²) in [6.45, 7) is 2.75. The molecule has 0 saturated heterocycles. The van der Waals surface area contributed by atoms with Crippen molar-refractivity contribution >= 4 is 11.9 Å². The summed E-state index contributed by atoms with van der Waals surface area (Å²) in [7, 11) is 0. The van der Waals surface area contributed by atoms with Gasteiger partial charge in [0.25, 0.3) is 0 Å². The molecule has 1 atom stereocenters. The smallest absolute Gasteiger partial charge is 0.320 e. The Morgan fingerprint density at radius 2 is 1.89 bits per heavy atom. The second-order valence-corrected chi connectivity index (χ2v) is 4.60. The highest BCUT2D eigenvalue weighted by Gasteiger charge is 2.10. The van der Waals surface area contributed by atoms with E-state index in [-0.39, 0.29) is 5.91 Å². The van der Waals surface area contributed by atoms with Gasteiger partial charge in [-0.1, -0.05) is 26.2 Å². The summed E-state index contributed by atoms with van der Waals surface area (Å²) < 4.78 is 0. The van der Waals surface area contributed by atoms with Gasteiger partial charge in [-0.3, -0.25) is 9.59 Å². The molecule has 0 heterocycles. The standard InChI is InChI=1S/C13H26N2O3/c1-2-3-4-5-9-12(16)15-10-7-6-8-11(14)13(17)18/h11H,2-10,14H2,1H3,(H,15,16)(H,17,18)/t11-/m0/s1. The highest BCUT2D eigenvalue weighted by atomic mass is 16.4. The van der Waals surface area contributed by atoms with E-state index in [0.717, 1.165) is 25.7 Å². The van der Waals surface area contributed by atoms with Crippen LogP contribution >= 0.6 is 0 Å². The summed E-state index contributed by atoms with van der Waals surface area (Å²) in [5.74, 6) is -0.872. The van der Waals surface area contributed by atoms with E-state index in [2.05, 4.69) is 12.2 Å². The van der Waals surface area contributed by atoms with Gasteiger partial charge in [-0.05, 0) is 25.7 Å². The maximum Gasteiger partial charge on any atom is 0.320 e. The van der Waals surface area contributed by atoms with Gasteiger partial charge in [0.1, 0.15) is 6.04 Å². The van der Waals surface area contributed by atoms with E-state index < -0.39 is 12.0 Å². The van der Waals surface area contributed by atoms with Crippen LogP contribution in [0.4, 0.5) is 0 Å². The maximum absolute atomic E-state index is 11.4. The molecule has 0 rings (SSSR count). The predicted molar refractivity (Wildman–Crippen MR) is 71.2 cm³/mol. The second kappa shape index (κ2) is 11.0. The molecular formula is C13H26N2O3. The zero-order valence-corrected chi connectivity index (χ0v) is 11.3. The van der Waals surface area contributed by atoms with Gasteiger partial charge in [-0.25, -0.2) is 0 Å². The lowest BCUT2D eigenvalue weighted by Crippen LogP contribution is -2.30. The first-order chi connectivity index (χ1) is 8.57. The maximum atomic E-state index is 11.4. The van der Waals surface area contributed by atoms with Crippen molar-refractivity contribution < 1.29 is 14.7 Å². The third kappa shape index (κ3) is 10.1. The third-order valence-electron chi connectivity index (χ3n) is 2.84. The van der Waals surface area contributed by atoms with E-state index in [1.54, 1.807) is 0 Å². The Morgan fingerprint density at radius 1 is 1.17 bits per heavy atom. The summed E-state index contributed by atoms with van der Waals surface area (Å²) in [5.41, 5.74) is 5.37. The first kappa shape index (κ1) is 16.9. The highest BCUT2D eigenvalue weighted by Crippen LogP contribution is 2.02. The van der Waals surface area contributed by atoms with Gasteiger partial charge >= 0.3 is 5.97 Å². The molecular weight excluding hydrogens is 232 g/mol. The van der Waals surface area contributed by atoms with Crippen molar-refractivity contribution in [2.75, 3.05) is 6.54 Å². The van der Waals surface area contributed by atoms with Gasteiger partial charge in [0.2, 0.25) is 5.91 Å². The number of nitrogens with two attached hydrogens (primary N) is 1. The number of aliphatic carboxylic acids is 1.